The summed E-state index contributed by atoms with van der Waals surface area (Å²) in [6.07, 6.45) is -0.153. The van der Waals surface area contributed by atoms with Crippen molar-refractivity contribution in [3.05, 3.63) is 15.8 Å². The molecule has 7 nitrogen and oxygen atoms in total. The fraction of sp³-hybridized carbons (Fsp3) is 0.700. The van der Waals surface area contributed by atoms with Crippen LogP contribution in [0.4, 0.5) is 5.69 Å². The minimum absolute atomic E-state index is 0.0465. The van der Waals surface area contributed by atoms with E-state index in [4.69, 9.17) is 4.74 Å². The second-order valence-electron chi connectivity index (χ2n) is 3.80. The predicted octanol–water partition coefficient (Wildman–Crippen LogP) is 1.11. The van der Waals surface area contributed by atoms with E-state index in [1.807, 2.05) is 13.8 Å². The minimum atomic E-state index is -0.448. The van der Waals surface area contributed by atoms with Crippen LogP contribution in [0.3, 0.4) is 0 Å². The molecule has 0 aliphatic heterocycles. The third-order valence-electron chi connectivity index (χ3n) is 2.34. The van der Waals surface area contributed by atoms with Gasteiger partial charge in [0.2, 0.25) is 0 Å². The van der Waals surface area contributed by atoms with Gasteiger partial charge in [0.1, 0.15) is 11.8 Å². The van der Waals surface area contributed by atoms with E-state index in [0.717, 1.165) is 0 Å². The highest BCUT2D eigenvalue weighted by Gasteiger charge is 2.27. The van der Waals surface area contributed by atoms with E-state index in [2.05, 4.69) is 10.4 Å². The summed E-state index contributed by atoms with van der Waals surface area (Å²) in [4.78, 5) is 10.5. The van der Waals surface area contributed by atoms with Gasteiger partial charge >= 0.3 is 5.69 Å². The van der Waals surface area contributed by atoms with Gasteiger partial charge in [-0.2, -0.15) is 5.10 Å². The molecule has 1 N–H and O–H groups in total. The Labute approximate surface area is 99.9 Å². The van der Waals surface area contributed by atoms with Gasteiger partial charge in [0.05, 0.1) is 4.92 Å². The molecule has 17 heavy (non-hydrogen) atoms. The van der Waals surface area contributed by atoms with Gasteiger partial charge in [-0.05, 0) is 27.8 Å². The van der Waals surface area contributed by atoms with E-state index >= 15 is 0 Å². The molecule has 0 fully saturated rings. The molecule has 0 spiro atoms. The summed E-state index contributed by atoms with van der Waals surface area (Å²) >= 11 is 0. The van der Waals surface area contributed by atoms with E-state index in [-0.39, 0.29) is 17.7 Å². The fourth-order valence-electron chi connectivity index (χ4n) is 1.61. The number of hydrogen-bond donors (Lipinski definition) is 1. The van der Waals surface area contributed by atoms with Crippen LogP contribution in [0.25, 0.3) is 0 Å². The first-order valence-corrected chi connectivity index (χ1v) is 5.54. The number of nitrogens with one attached hydrogen (secondary N) is 1. The zero-order valence-electron chi connectivity index (χ0n) is 10.6. The smallest absolute Gasteiger partial charge is 0.353 e. The van der Waals surface area contributed by atoms with E-state index in [1.54, 1.807) is 14.0 Å². The maximum atomic E-state index is 11.0. The summed E-state index contributed by atoms with van der Waals surface area (Å²) in [5.74, 6) is 0.234. The quantitative estimate of drug-likeness (QED) is 0.596. The lowest BCUT2D eigenvalue weighted by atomic mass is 10.4. The monoisotopic (exact) mass is 242 g/mol. The van der Waals surface area contributed by atoms with Crippen molar-refractivity contribution in [2.75, 3.05) is 13.6 Å². The molecule has 0 aromatic carbocycles. The van der Waals surface area contributed by atoms with Crippen molar-refractivity contribution in [3.8, 4) is 5.88 Å². The molecule has 0 radical (unpaired) electrons. The molecule has 0 amide bonds. The van der Waals surface area contributed by atoms with Crippen molar-refractivity contribution in [1.29, 1.82) is 0 Å². The summed E-state index contributed by atoms with van der Waals surface area (Å²) in [5, 5.41) is 18.0. The van der Waals surface area contributed by atoms with Crippen molar-refractivity contribution in [3.63, 3.8) is 0 Å². The molecular formula is C10H18N4O3. The van der Waals surface area contributed by atoms with E-state index in [1.165, 1.54) is 4.68 Å². The Balaban J connectivity index is 3.06. The molecule has 1 unspecified atom stereocenters. The standard InChI is InChI=1S/C10H18N4O3/c1-5-13-10(17-7(2)6-11-4)9(14(15)16)8(3)12-13/h7,11H,5-6H2,1-4H3. The molecule has 0 aliphatic carbocycles. The van der Waals surface area contributed by atoms with Gasteiger partial charge in [-0.1, -0.05) is 0 Å². The molecule has 0 saturated heterocycles. The van der Waals surface area contributed by atoms with Gasteiger partial charge in [0, 0.05) is 13.1 Å². The molecular weight excluding hydrogens is 224 g/mol. The molecule has 1 rings (SSSR count). The number of likely N-dealkylation sites (N-methyl/N-ethyl adjacent to an activating group) is 1. The maximum absolute atomic E-state index is 11.0. The number of aryl methyl sites for hydroxylation is 2. The van der Waals surface area contributed by atoms with Crippen molar-refractivity contribution in [2.24, 2.45) is 0 Å². The van der Waals surface area contributed by atoms with Gasteiger partial charge in [-0.25, -0.2) is 4.68 Å². The number of hydrogen-bond acceptors (Lipinski definition) is 5. The summed E-state index contributed by atoms with van der Waals surface area (Å²) in [7, 11) is 1.80. The molecule has 0 aliphatic rings. The summed E-state index contributed by atoms with van der Waals surface area (Å²) in [5.41, 5.74) is 0.332. The first-order chi connectivity index (χ1) is 8.01. The molecule has 1 atom stereocenters. The summed E-state index contributed by atoms with van der Waals surface area (Å²) < 4.78 is 7.10. The normalized spacial score (nSPS) is 12.5. The van der Waals surface area contributed by atoms with Gasteiger partial charge in [0.15, 0.2) is 0 Å². The van der Waals surface area contributed by atoms with Crippen LogP contribution in [-0.2, 0) is 6.54 Å². The van der Waals surface area contributed by atoms with E-state index in [9.17, 15) is 10.1 Å². The molecule has 96 valence electrons. The Morgan fingerprint density at radius 2 is 2.29 bits per heavy atom. The Morgan fingerprint density at radius 3 is 2.76 bits per heavy atom. The SMILES string of the molecule is CCn1nc(C)c([N+](=O)[O-])c1OC(C)CNC. The lowest BCUT2D eigenvalue weighted by Crippen LogP contribution is -2.27. The van der Waals surface area contributed by atoms with Gasteiger partial charge in [-0.15, -0.1) is 0 Å². The molecule has 1 aromatic rings. The van der Waals surface area contributed by atoms with Crippen LogP contribution in [0.5, 0.6) is 5.88 Å². The van der Waals surface area contributed by atoms with Crippen LogP contribution in [0, 0.1) is 17.0 Å². The molecule has 0 bridgehead atoms. The van der Waals surface area contributed by atoms with Gasteiger partial charge in [0.25, 0.3) is 5.88 Å². The zero-order valence-corrected chi connectivity index (χ0v) is 10.6. The third kappa shape index (κ3) is 2.94. The molecule has 1 heterocycles. The van der Waals surface area contributed by atoms with Crippen LogP contribution in [0.1, 0.15) is 19.5 Å². The van der Waals surface area contributed by atoms with Crippen molar-refractivity contribution in [1.82, 2.24) is 15.1 Å². The highest BCUT2D eigenvalue weighted by atomic mass is 16.6. The Kier molecular flexibility index (Phi) is 4.45. The lowest BCUT2D eigenvalue weighted by molar-refractivity contribution is -0.386. The maximum Gasteiger partial charge on any atom is 0.353 e. The zero-order chi connectivity index (χ0) is 13.0. The van der Waals surface area contributed by atoms with Crippen LogP contribution in [0.2, 0.25) is 0 Å². The fourth-order valence-corrected chi connectivity index (χ4v) is 1.61. The van der Waals surface area contributed by atoms with E-state index < -0.39 is 4.92 Å². The number of ether oxygens (including phenoxy) is 1. The van der Waals surface area contributed by atoms with Gasteiger partial charge < -0.3 is 10.1 Å². The summed E-state index contributed by atoms with van der Waals surface area (Å²) in [6, 6.07) is 0. The van der Waals surface area contributed by atoms with Crippen LogP contribution < -0.4 is 10.1 Å². The van der Waals surface area contributed by atoms with Crippen LogP contribution in [0.15, 0.2) is 0 Å². The molecule has 7 heteroatoms. The highest BCUT2D eigenvalue weighted by Crippen LogP contribution is 2.31. The van der Waals surface area contributed by atoms with Crippen LogP contribution >= 0.6 is 0 Å². The second kappa shape index (κ2) is 5.62. The molecule has 1 aromatic heterocycles. The number of aromatic nitrogens is 2. The first kappa shape index (κ1) is 13.4. The topological polar surface area (TPSA) is 82.2 Å². The Morgan fingerprint density at radius 1 is 1.65 bits per heavy atom. The lowest BCUT2D eigenvalue weighted by Gasteiger charge is -2.13. The Hall–Kier alpha value is -1.63. The highest BCUT2D eigenvalue weighted by molar-refractivity contribution is 5.45. The average molecular weight is 242 g/mol. The number of nitrogens with zero attached hydrogens (tertiary/aromatic N) is 3. The van der Waals surface area contributed by atoms with Gasteiger partial charge in [-0.3, -0.25) is 10.1 Å². The second-order valence-corrected chi connectivity index (χ2v) is 3.80. The summed E-state index contributed by atoms with van der Waals surface area (Å²) in [6.45, 7) is 6.48. The first-order valence-electron chi connectivity index (χ1n) is 5.54. The average Bonchev–Trinajstić information content (AvgIpc) is 2.55. The van der Waals surface area contributed by atoms with E-state index in [0.29, 0.717) is 18.8 Å². The minimum Gasteiger partial charge on any atom is -0.469 e. The predicted molar refractivity (Wildman–Crippen MR) is 63.3 cm³/mol. The number of nitro groups is 1. The van der Waals surface area contributed by atoms with Crippen molar-refractivity contribution < 1.29 is 9.66 Å². The Bertz CT molecular complexity index is 403. The van der Waals surface area contributed by atoms with Crippen molar-refractivity contribution >= 4 is 5.69 Å². The van der Waals surface area contributed by atoms with Crippen LogP contribution in [-0.4, -0.2) is 34.4 Å². The number of rotatable bonds is 6. The van der Waals surface area contributed by atoms with Crippen molar-refractivity contribution in [2.45, 2.75) is 33.4 Å². The largest absolute Gasteiger partial charge is 0.469 e. The molecule has 0 saturated carbocycles. The third-order valence-corrected chi connectivity index (χ3v) is 2.34.